The smallest absolute Gasteiger partial charge is 0.230 e. The molecule has 0 aliphatic heterocycles. The number of benzene rings is 3. The number of hydrogen-bond donors (Lipinski definition) is 1. The summed E-state index contributed by atoms with van der Waals surface area (Å²) >= 11 is 5.96. The van der Waals surface area contributed by atoms with E-state index in [0.717, 1.165) is 23.0 Å². The number of fused-ring (bicyclic) bond motifs is 2. The van der Waals surface area contributed by atoms with Gasteiger partial charge in [-0.05, 0) is 60.5 Å². The minimum Gasteiger partial charge on any atom is -0.464 e. The number of anilines is 1. The van der Waals surface area contributed by atoms with Crippen LogP contribution in [-0.2, 0) is 17.6 Å². The van der Waals surface area contributed by atoms with Crippen molar-refractivity contribution in [3.8, 4) is 0 Å². The lowest BCUT2D eigenvalue weighted by molar-refractivity contribution is -0.115. The van der Waals surface area contributed by atoms with Crippen molar-refractivity contribution in [2.24, 2.45) is 0 Å². The molecule has 5 aromatic rings. The fourth-order valence-corrected chi connectivity index (χ4v) is 4.03. The molecule has 0 saturated heterocycles. The molecule has 33 heavy (non-hydrogen) atoms. The Morgan fingerprint density at radius 3 is 2.52 bits per heavy atom. The number of amides is 1. The van der Waals surface area contributed by atoms with Crippen LogP contribution in [0, 0.1) is 0 Å². The minimum atomic E-state index is -0.334. The Bertz CT molecular complexity index is 1490. The van der Waals surface area contributed by atoms with E-state index < -0.39 is 0 Å². The van der Waals surface area contributed by atoms with E-state index in [1.165, 1.54) is 5.56 Å². The van der Waals surface area contributed by atoms with Crippen molar-refractivity contribution in [2.45, 2.75) is 19.8 Å². The number of carbonyl (C=O) groups excluding carboxylic acids is 2. The molecule has 3 aromatic carbocycles. The predicted molar refractivity (Wildman–Crippen MR) is 129 cm³/mol. The van der Waals surface area contributed by atoms with E-state index in [1.807, 2.05) is 36.4 Å². The monoisotopic (exact) mass is 457 g/mol. The molecule has 6 heteroatoms. The molecule has 0 radical (unpaired) electrons. The minimum absolute atomic E-state index is 0.0807. The number of para-hydroxylation sites is 1. The van der Waals surface area contributed by atoms with Crippen molar-refractivity contribution in [1.82, 2.24) is 0 Å². The van der Waals surface area contributed by atoms with Gasteiger partial charge < -0.3 is 14.2 Å². The first-order valence-electron chi connectivity index (χ1n) is 10.6. The number of aryl methyl sites for hydroxylation is 1. The van der Waals surface area contributed by atoms with Gasteiger partial charge >= 0.3 is 0 Å². The second kappa shape index (κ2) is 8.60. The Hall–Kier alpha value is -3.83. The van der Waals surface area contributed by atoms with E-state index in [9.17, 15) is 9.59 Å². The lowest BCUT2D eigenvalue weighted by atomic mass is 10.1. The molecule has 1 N–H and O–H groups in total. The topological polar surface area (TPSA) is 72.5 Å². The van der Waals surface area contributed by atoms with Crippen molar-refractivity contribution in [3.63, 3.8) is 0 Å². The quantitative estimate of drug-likeness (QED) is 0.284. The van der Waals surface area contributed by atoms with Crippen LogP contribution in [0.25, 0.3) is 21.9 Å². The number of nitrogens with one attached hydrogen (secondary N) is 1. The zero-order valence-electron chi connectivity index (χ0n) is 17.9. The maximum absolute atomic E-state index is 13.2. The molecule has 0 aliphatic carbocycles. The molecule has 1 amide bonds. The second-order valence-corrected chi connectivity index (χ2v) is 8.24. The zero-order valence-corrected chi connectivity index (χ0v) is 18.6. The second-order valence-electron chi connectivity index (χ2n) is 7.81. The Morgan fingerprint density at radius 1 is 0.939 bits per heavy atom. The molecular formula is C27H20ClNO4. The standard InChI is InChI=1S/C27H20ClNO4/c1-2-16-7-12-22-21(13-16)18(15-32-22)14-24(30)29-25-20-5-3-4-6-23(20)33-27(25)26(31)17-8-10-19(28)11-9-17/h3-13,15H,2,14H2,1H3,(H,29,30). The lowest BCUT2D eigenvalue weighted by Crippen LogP contribution is -2.16. The van der Waals surface area contributed by atoms with Crippen molar-refractivity contribution in [1.29, 1.82) is 0 Å². The van der Waals surface area contributed by atoms with Gasteiger partial charge in [0.05, 0.1) is 18.4 Å². The van der Waals surface area contributed by atoms with Gasteiger partial charge in [0, 0.05) is 26.9 Å². The van der Waals surface area contributed by atoms with Crippen LogP contribution in [0.3, 0.4) is 0 Å². The predicted octanol–water partition coefficient (Wildman–Crippen LogP) is 6.81. The fourth-order valence-electron chi connectivity index (χ4n) is 3.90. The largest absolute Gasteiger partial charge is 0.464 e. The number of halogens is 1. The summed E-state index contributed by atoms with van der Waals surface area (Å²) in [6.45, 7) is 2.08. The molecule has 5 rings (SSSR count). The van der Waals surface area contributed by atoms with E-state index in [-0.39, 0.29) is 23.9 Å². The van der Waals surface area contributed by atoms with Gasteiger partial charge in [-0.2, -0.15) is 0 Å². The summed E-state index contributed by atoms with van der Waals surface area (Å²) in [5.74, 6) is -0.520. The molecule has 164 valence electrons. The first-order valence-corrected chi connectivity index (χ1v) is 11.0. The maximum Gasteiger partial charge on any atom is 0.230 e. The van der Waals surface area contributed by atoms with Crippen LogP contribution in [0.5, 0.6) is 0 Å². The molecule has 0 spiro atoms. The fraction of sp³-hybridized carbons (Fsp3) is 0.111. The summed E-state index contributed by atoms with van der Waals surface area (Å²) < 4.78 is 11.5. The molecule has 0 unspecified atom stereocenters. The van der Waals surface area contributed by atoms with Gasteiger partial charge in [0.15, 0.2) is 5.76 Å². The van der Waals surface area contributed by atoms with Crippen LogP contribution in [0.15, 0.2) is 81.8 Å². The SMILES string of the molecule is CCc1ccc2occ(CC(=O)Nc3c(C(=O)c4ccc(Cl)cc4)oc4ccccc34)c2c1. The van der Waals surface area contributed by atoms with Crippen molar-refractivity contribution in [2.75, 3.05) is 5.32 Å². The Kier molecular flexibility index (Phi) is 5.48. The molecule has 0 fully saturated rings. The van der Waals surface area contributed by atoms with E-state index >= 15 is 0 Å². The summed E-state index contributed by atoms with van der Waals surface area (Å²) in [6, 6.07) is 19.8. The molecule has 2 aromatic heterocycles. The molecular weight excluding hydrogens is 438 g/mol. The van der Waals surface area contributed by atoms with Gasteiger partial charge in [-0.3, -0.25) is 9.59 Å². The summed E-state index contributed by atoms with van der Waals surface area (Å²) in [5.41, 5.74) is 3.99. The number of carbonyl (C=O) groups is 2. The van der Waals surface area contributed by atoms with Gasteiger partial charge in [0.1, 0.15) is 11.2 Å². The number of rotatable bonds is 6. The molecule has 2 heterocycles. The van der Waals surface area contributed by atoms with Crippen molar-refractivity contribution >= 4 is 50.9 Å². The third-order valence-corrected chi connectivity index (χ3v) is 5.90. The third-order valence-electron chi connectivity index (χ3n) is 5.65. The van der Waals surface area contributed by atoms with Crippen LogP contribution in [0.4, 0.5) is 5.69 Å². The highest BCUT2D eigenvalue weighted by molar-refractivity contribution is 6.30. The van der Waals surface area contributed by atoms with Gasteiger partial charge in [-0.15, -0.1) is 0 Å². The average Bonchev–Trinajstić information content (AvgIpc) is 3.40. The first-order chi connectivity index (χ1) is 16.0. The highest BCUT2D eigenvalue weighted by atomic mass is 35.5. The summed E-state index contributed by atoms with van der Waals surface area (Å²) in [7, 11) is 0. The van der Waals surface area contributed by atoms with Crippen molar-refractivity contribution in [3.05, 3.63) is 100 Å². The van der Waals surface area contributed by atoms with Crippen LogP contribution >= 0.6 is 11.6 Å². The van der Waals surface area contributed by atoms with Crippen LogP contribution in [0.2, 0.25) is 5.02 Å². The average molecular weight is 458 g/mol. The summed E-state index contributed by atoms with van der Waals surface area (Å²) in [6.07, 6.45) is 2.61. The summed E-state index contributed by atoms with van der Waals surface area (Å²) in [5, 5.41) is 5.01. The molecule has 0 saturated carbocycles. The molecule has 0 atom stereocenters. The Morgan fingerprint density at radius 2 is 1.73 bits per heavy atom. The van der Waals surface area contributed by atoms with Gasteiger partial charge in [-0.25, -0.2) is 0 Å². The lowest BCUT2D eigenvalue weighted by Gasteiger charge is -2.06. The highest BCUT2D eigenvalue weighted by Gasteiger charge is 2.24. The molecule has 0 aliphatic rings. The number of furan rings is 2. The Balaban J connectivity index is 1.48. The third kappa shape index (κ3) is 4.03. The normalized spacial score (nSPS) is 11.2. The van der Waals surface area contributed by atoms with Gasteiger partial charge in [-0.1, -0.05) is 36.7 Å². The summed E-state index contributed by atoms with van der Waals surface area (Å²) in [4.78, 5) is 26.2. The molecule has 0 bridgehead atoms. The maximum atomic E-state index is 13.2. The van der Waals surface area contributed by atoms with Crippen LogP contribution < -0.4 is 5.32 Å². The van der Waals surface area contributed by atoms with Crippen molar-refractivity contribution < 1.29 is 18.4 Å². The highest BCUT2D eigenvalue weighted by Crippen LogP contribution is 2.33. The zero-order chi connectivity index (χ0) is 22.9. The van der Waals surface area contributed by atoms with E-state index in [0.29, 0.717) is 27.2 Å². The number of hydrogen-bond acceptors (Lipinski definition) is 4. The van der Waals surface area contributed by atoms with E-state index in [1.54, 1.807) is 36.6 Å². The van der Waals surface area contributed by atoms with Crippen LogP contribution in [0.1, 0.15) is 34.2 Å². The Labute approximate surface area is 194 Å². The first kappa shape index (κ1) is 21.0. The number of ketones is 1. The van der Waals surface area contributed by atoms with Gasteiger partial charge in [0.25, 0.3) is 0 Å². The van der Waals surface area contributed by atoms with E-state index in [4.69, 9.17) is 20.4 Å². The van der Waals surface area contributed by atoms with Gasteiger partial charge in [0.2, 0.25) is 11.7 Å². The molecule has 5 nitrogen and oxygen atoms in total. The van der Waals surface area contributed by atoms with E-state index in [2.05, 4.69) is 12.2 Å². The van der Waals surface area contributed by atoms with Crippen LogP contribution in [-0.4, -0.2) is 11.7 Å².